The minimum absolute atomic E-state index is 0.0516. The van der Waals surface area contributed by atoms with Gasteiger partial charge in [-0.05, 0) is 31.4 Å². The van der Waals surface area contributed by atoms with Gasteiger partial charge in [0.15, 0.2) is 6.61 Å². The molecule has 0 aliphatic heterocycles. The number of esters is 1. The Kier molecular flexibility index (Phi) is 8.60. The normalized spacial score (nSPS) is 10.5. The van der Waals surface area contributed by atoms with E-state index in [9.17, 15) is 14.4 Å². The van der Waals surface area contributed by atoms with E-state index in [-0.39, 0.29) is 24.8 Å². The zero-order chi connectivity index (χ0) is 20.5. The van der Waals surface area contributed by atoms with Gasteiger partial charge < -0.3 is 15.0 Å². The Morgan fingerprint density at radius 2 is 1.86 bits per heavy atom. The number of ether oxygens (including phenoxy) is 1. The summed E-state index contributed by atoms with van der Waals surface area (Å²) in [5.41, 5.74) is 0. The van der Waals surface area contributed by atoms with Crippen LogP contribution in [0.25, 0.3) is 10.8 Å². The van der Waals surface area contributed by atoms with Gasteiger partial charge in [0.25, 0.3) is 5.91 Å². The van der Waals surface area contributed by atoms with Crippen molar-refractivity contribution in [1.29, 1.82) is 0 Å². The van der Waals surface area contributed by atoms with Crippen LogP contribution in [0.15, 0.2) is 41.3 Å². The summed E-state index contributed by atoms with van der Waals surface area (Å²) in [6, 6.07) is 11.4. The minimum atomic E-state index is -0.503. The summed E-state index contributed by atoms with van der Waals surface area (Å²) >= 11 is 7.59. The number of halogens is 1. The smallest absolute Gasteiger partial charge is 0.316 e. The van der Waals surface area contributed by atoms with E-state index in [0.29, 0.717) is 18.1 Å². The molecule has 0 saturated heterocycles. The SMILES string of the molecule is CCNC(=O)CN(CC)C(=O)COC(=O)CSc1cccc2cccc(Cl)c12. The number of amides is 2. The second-order valence-electron chi connectivity index (χ2n) is 5.90. The van der Waals surface area contributed by atoms with Crippen molar-refractivity contribution < 1.29 is 19.1 Å². The van der Waals surface area contributed by atoms with Crippen molar-refractivity contribution >= 4 is 51.9 Å². The lowest BCUT2D eigenvalue weighted by Gasteiger charge is -2.20. The largest absolute Gasteiger partial charge is 0.455 e. The molecule has 0 saturated carbocycles. The first-order valence-electron chi connectivity index (χ1n) is 8.96. The van der Waals surface area contributed by atoms with E-state index in [0.717, 1.165) is 15.7 Å². The molecule has 0 aromatic heterocycles. The molecule has 0 aliphatic carbocycles. The molecule has 28 heavy (non-hydrogen) atoms. The molecule has 0 atom stereocenters. The van der Waals surface area contributed by atoms with E-state index < -0.39 is 11.9 Å². The Morgan fingerprint density at radius 3 is 2.54 bits per heavy atom. The molecule has 0 bridgehead atoms. The first-order chi connectivity index (χ1) is 13.5. The number of thioether (sulfide) groups is 1. The highest BCUT2D eigenvalue weighted by Gasteiger charge is 2.17. The lowest BCUT2D eigenvalue weighted by molar-refractivity contribution is -0.150. The van der Waals surface area contributed by atoms with Crippen LogP contribution in [0.4, 0.5) is 0 Å². The monoisotopic (exact) mass is 422 g/mol. The zero-order valence-corrected chi connectivity index (χ0v) is 17.4. The summed E-state index contributed by atoms with van der Waals surface area (Å²) in [6.07, 6.45) is 0. The first-order valence-corrected chi connectivity index (χ1v) is 10.3. The van der Waals surface area contributed by atoms with Crippen molar-refractivity contribution in [2.24, 2.45) is 0 Å². The van der Waals surface area contributed by atoms with E-state index in [4.69, 9.17) is 16.3 Å². The van der Waals surface area contributed by atoms with E-state index >= 15 is 0 Å². The summed E-state index contributed by atoms with van der Waals surface area (Å²) in [7, 11) is 0. The van der Waals surface area contributed by atoms with Gasteiger partial charge in [-0.1, -0.05) is 35.9 Å². The van der Waals surface area contributed by atoms with Crippen LogP contribution in [-0.2, 0) is 19.1 Å². The molecule has 0 spiro atoms. The predicted molar refractivity (Wildman–Crippen MR) is 112 cm³/mol. The average molecular weight is 423 g/mol. The van der Waals surface area contributed by atoms with Gasteiger partial charge in [0.1, 0.15) is 0 Å². The first kappa shape index (κ1) is 22.0. The molecule has 0 fully saturated rings. The van der Waals surface area contributed by atoms with Gasteiger partial charge in [0.2, 0.25) is 5.91 Å². The Balaban J connectivity index is 1.88. The van der Waals surface area contributed by atoms with Gasteiger partial charge in [-0.25, -0.2) is 0 Å². The molecule has 0 unspecified atom stereocenters. The maximum atomic E-state index is 12.2. The van der Waals surface area contributed by atoms with E-state index in [2.05, 4.69) is 5.32 Å². The highest BCUT2D eigenvalue weighted by molar-refractivity contribution is 8.00. The molecule has 0 heterocycles. The molecular formula is C20H23ClN2O4S. The molecule has 8 heteroatoms. The summed E-state index contributed by atoms with van der Waals surface area (Å²) < 4.78 is 5.08. The zero-order valence-electron chi connectivity index (χ0n) is 15.9. The predicted octanol–water partition coefficient (Wildman–Crippen LogP) is 3.11. The third kappa shape index (κ3) is 6.14. The number of carbonyl (C=O) groups excluding carboxylic acids is 3. The van der Waals surface area contributed by atoms with Crippen molar-refractivity contribution in [2.45, 2.75) is 18.7 Å². The van der Waals surface area contributed by atoms with Crippen molar-refractivity contribution in [2.75, 3.05) is 32.0 Å². The van der Waals surface area contributed by atoms with E-state index in [1.165, 1.54) is 16.7 Å². The maximum absolute atomic E-state index is 12.2. The third-order valence-electron chi connectivity index (χ3n) is 3.96. The van der Waals surface area contributed by atoms with Gasteiger partial charge >= 0.3 is 5.97 Å². The molecular weight excluding hydrogens is 400 g/mol. The molecule has 2 rings (SSSR count). The van der Waals surface area contributed by atoms with Crippen molar-refractivity contribution in [1.82, 2.24) is 10.2 Å². The third-order valence-corrected chi connectivity index (χ3v) is 5.31. The van der Waals surface area contributed by atoms with Crippen molar-refractivity contribution in [3.63, 3.8) is 0 Å². The van der Waals surface area contributed by atoms with Crippen LogP contribution in [0.2, 0.25) is 5.02 Å². The van der Waals surface area contributed by atoms with Crippen LogP contribution >= 0.6 is 23.4 Å². The number of fused-ring (bicyclic) bond motifs is 1. The van der Waals surface area contributed by atoms with Crippen LogP contribution < -0.4 is 5.32 Å². The minimum Gasteiger partial charge on any atom is -0.455 e. The fourth-order valence-corrected chi connectivity index (χ4v) is 3.84. The van der Waals surface area contributed by atoms with Gasteiger partial charge in [-0.15, -0.1) is 11.8 Å². The number of nitrogens with one attached hydrogen (secondary N) is 1. The van der Waals surface area contributed by atoms with Gasteiger partial charge in [-0.3, -0.25) is 14.4 Å². The molecule has 1 N–H and O–H groups in total. The number of hydrogen-bond acceptors (Lipinski definition) is 5. The maximum Gasteiger partial charge on any atom is 0.316 e. The Hall–Kier alpha value is -2.25. The van der Waals surface area contributed by atoms with Gasteiger partial charge in [0.05, 0.1) is 12.3 Å². The highest BCUT2D eigenvalue weighted by atomic mass is 35.5. The molecule has 0 aliphatic rings. The lowest BCUT2D eigenvalue weighted by atomic mass is 10.1. The van der Waals surface area contributed by atoms with E-state index in [1.807, 2.05) is 30.3 Å². The summed E-state index contributed by atoms with van der Waals surface area (Å²) in [6.45, 7) is 3.98. The van der Waals surface area contributed by atoms with Crippen LogP contribution in [0.3, 0.4) is 0 Å². The van der Waals surface area contributed by atoms with E-state index in [1.54, 1.807) is 19.9 Å². The quantitative estimate of drug-likeness (QED) is 0.496. The fourth-order valence-electron chi connectivity index (χ4n) is 2.60. The molecule has 2 amide bonds. The van der Waals surface area contributed by atoms with Crippen LogP contribution in [0.5, 0.6) is 0 Å². The second kappa shape index (κ2) is 10.9. The van der Waals surface area contributed by atoms with Gasteiger partial charge in [0, 0.05) is 28.4 Å². The molecule has 150 valence electrons. The van der Waals surface area contributed by atoms with Crippen LogP contribution in [0, 0.1) is 0 Å². The lowest BCUT2D eigenvalue weighted by Crippen LogP contribution is -2.42. The molecule has 2 aromatic carbocycles. The summed E-state index contributed by atoms with van der Waals surface area (Å²) in [4.78, 5) is 38.0. The summed E-state index contributed by atoms with van der Waals surface area (Å²) in [5.74, 6) is -1.09. The topological polar surface area (TPSA) is 75.7 Å². The number of rotatable bonds is 9. The molecule has 2 aromatic rings. The Bertz CT molecular complexity index is 854. The molecule has 6 nitrogen and oxygen atoms in total. The number of likely N-dealkylation sites (N-methyl/N-ethyl adjacent to an activating group) is 2. The molecule has 0 radical (unpaired) electrons. The van der Waals surface area contributed by atoms with Crippen molar-refractivity contribution in [3.8, 4) is 0 Å². The number of nitrogens with zero attached hydrogens (tertiary/aromatic N) is 1. The Labute approximate surface area is 173 Å². The van der Waals surface area contributed by atoms with Crippen LogP contribution in [-0.4, -0.2) is 54.7 Å². The highest BCUT2D eigenvalue weighted by Crippen LogP contribution is 2.33. The standard InChI is InChI=1S/C20H23ClN2O4S/c1-3-22-17(24)11-23(4-2)18(25)12-27-19(26)13-28-16-10-6-8-14-7-5-9-15(21)20(14)16/h5-10H,3-4,11-13H2,1-2H3,(H,22,24). The number of carbonyl (C=O) groups is 3. The van der Waals surface area contributed by atoms with Crippen molar-refractivity contribution in [3.05, 3.63) is 41.4 Å². The number of hydrogen-bond donors (Lipinski definition) is 1. The fraction of sp³-hybridized carbons (Fsp3) is 0.350. The van der Waals surface area contributed by atoms with Gasteiger partial charge in [-0.2, -0.15) is 0 Å². The average Bonchev–Trinajstić information content (AvgIpc) is 2.69. The van der Waals surface area contributed by atoms with Crippen LogP contribution in [0.1, 0.15) is 13.8 Å². The second-order valence-corrected chi connectivity index (χ2v) is 7.33. The Morgan fingerprint density at radius 1 is 1.14 bits per heavy atom. The number of benzene rings is 2. The summed E-state index contributed by atoms with van der Waals surface area (Å²) in [5, 5.41) is 5.13.